The first kappa shape index (κ1) is 15.5. The van der Waals surface area contributed by atoms with Crippen LogP contribution in [0.25, 0.3) is 0 Å². The van der Waals surface area contributed by atoms with E-state index in [1.165, 1.54) is 24.8 Å². The van der Waals surface area contributed by atoms with Gasteiger partial charge in [-0.05, 0) is 48.8 Å². The van der Waals surface area contributed by atoms with Gasteiger partial charge in [0.1, 0.15) is 0 Å². The van der Waals surface area contributed by atoms with Crippen LogP contribution >= 0.6 is 31.9 Å². The van der Waals surface area contributed by atoms with Crippen LogP contribution in [0.2, 0.25) is 0 Å². The second kappa shape index (κ2) is 7.24. The van der Waals surface area contributed by atoms with Gasteiger partial charge in [0.05, 0.1) is 12.2 Å². The molecule has 19 heavy (non-hydrogen) atoms. The highest BCUT2D eigenvalue weighted by Crippen LogP contribution is 2.34. The Hall–Kier alpha value is 0.140. The molecule has 1 aliphatic carbocycles. The van der Waals surface area contributed by atoms with Crippen molar-refractivity contribution >= 4 is 31.9 Å². The van der Waals surface area contributed by atoms with E-state index in [1.54, 1.807) is 0 Å². The van der Waals surface area contributed by atoms with Crippen molar-refractivity contribution in [2.24, 2.45) is 11.8 Å². The number of rotatable bonds is 4. The smallest absolute Gasteiger partial charge is 0.0925 e. The second-order valence-electron chi connectivity index (χ2n) is 5.87. The summed E-state index contributed by atoms with van der Waals surface area (Å²) in [6.07, 6.45) is 4.31. The van der Waals surface area contributed by atoms with Gasteiger partial charge in [0.25, 0.3) is 0 Å². The summed E-state index contributed by atoms with van der Waals surface area (Å²) < 4.78 is 7.46. The average molecular weight is 390 g/mol. The molecule has 1 aromatic rings. The number of halogens is 2. The lowest BCUT2D eigenvalue weighted by atomic mass is 9.81. The fraction of sp³-hybridized carbons (Fsp3) is 0.625. The molecule has 106 valence electrons. The van der Waals surface area contributed by atoms with Crippen LogP contribution in [-0.4, -0.2) is 11.4 Å². The Labute approximate surface area is 133 Å². The zero-order valence-corrected chi connectivity index (χ0v) is 14.8. The minimum absolute atomic E-state index is 0.163. The summed E-state index contributed by atoms with van der Waals surface area (Å²) in [6.45, 7) is 4.68. The summed E-state index contributed by atoms with van der Waals surface area (Å²) in [5.74, 6) is 1.57. The first-order valence-corrected chi connectivity index (χ1v) is 8.96. The predicted molar refractivity (Wildman–Crippen MR) is 87.7 cm³/mol. The lowest BCUT2D eigenvalue weighted by Gasteiger charge is -2.33. The molecule has 1 saturated carbocycles. The third kappa shape index (κ3) is 4.57. The first-order valence-electron chi connectivity index (χ1n) is 7.05. The van der Waals surface area contributed by atoms with Crippen LogP contribution < -0.4 is 0 Å². The third-order valence-electron chi connectivity index (χ3n) is 3.87. The molecule has 0 bridgehead atoms. The summed E-state index contributed by atoms with van der Waals surface area (Å²) in [4.78, 5) is 0. The van der Waals surface area contributed by atoms with Crippen molar-refractivity contribution in [1.82, 2.24) is 0 Å². The van der Waals surface area contributed by atoms with Gasteiger partial charge in [0.15, 0.2) is 0 Å². The van der Waals surface area contributed by atoms with Crippen molar-refractivity contribution in [2.75, 3.05) is 5.33 Å². The number of ether oxygens (including phenoxy) is 1. The fourth-order valence-corrected chi connectivity index (χ4v) is 3.89. The minimum atomic E-state index is 0.163. The first-order chi connectivity index (χ1) is 9.08. The van der Waals surface area contributed by atoms with E-state index in [0.717, 1.165) is 21.6 Å². The van der Waals surface area contributed by atoms with E-state index in [-0.39, 0.29) is 6.10 Å². The molecule has 3 heteroatoms. The normalized spacial score (nSPS) is 29.2. The van der Waals surface area contributed by atoms with E-state index in [0.29, 0.717) is 6.10 Å². The van der Waals surface area contributed by atoms with Crippen LogP contribution in [0, 0.1) is 11.8 Å². The van der Waals surface area contributed by atoms with Crippen LogP contribution in [0.15, 0.2) is 28.7 Å². The molecule has 1 fully saturated rings. The molecule has 0 saturated heterocycles. The molecule has 0 heterocycles. The standard InChI is InChI=1S/C16H22Br2O/c1-11-7-12(2)9-15(8-11)19-16(10-17)13-3-5-14(18)6-4-13/h3-6,11-12,15-16H,7-10H2,1-2H3. The van der Waals surface area contributed by atoms with Gasteiger partial charge in [-0.1, -0.05) is 57.8 Å². The summed E-state index contributed by atoms with van der Waals surface area (Å²) in [5.41, 5.74) is 1.26. The zero-order chi connectivity index (χ0) is 13.8. The van der Waals surface area contributed by atoms with E-state index < -0.39 is 0 Å². The average Bonchev–Trinajstić information content (AvgIpc) is 2.36. The van der Waals surface area contributed by atoms with Gasteiger partial charge in [-0.15, -0.1) is 0 Å². The summed E-state index contributed by atoms with van der Waals surface area (Å²) in [6, 6.07) is 8.46. The van der Waals surface area contributed by atoms with E-state index in [9.17, 15) is 0 Å². The Balaban J connectivity index is 2.00. The van der Waals surface area contributed by atoms with Crippen LogP contribution in [0.5, 0.6) is 0 Å². The molecule has 0 radical (unpaired) electrons. The highest BCUT2D eigenvalue weighted by molar-refractivity contribution is 9.10. The topological polar surface area (TPSA) is 9.23 Å². The lowest BCUT2D eigenvalue weighted by molar-refractivity contribution is -0.0401. The maximum absolute atomic E-state index is 6.35. The Morgan fingerprint density at radius 2 is 1.68 bits per heavy atom. The van der Waals surface area contributed by atoms with Gasteiger partial charge in [-0.25, -0.2) is 0 Å². The Bertz CT molecular complexity index is 380. The largest absolute Gasteiger partial charge is 0.369 e. The van der Waals surface area contributed by atoms with E-state index in [4.69, 9.17) is 4.74 Å². The van der Waals surface area contributed by atoms with Crippen LogP contribution in [-0.2, 0) is 4.74 Å². The molecule has 3 atom stereocenters. The van der Waals surface area contributed by atoms with Gasteiger partial charge < -0.3 is 4.74 Å². The molecule has 2 rings (SSSR count). The molecule has 0 N–H and O–H groups in total. The molecule has 1 aliphatic rings. The fourth-order valence-electron chi connectivity index (χ4n) is 3.10. The van der Waals surface area contributed by atoms with Gasteiger partial charge in [0, 0.05) is 9.80 Å². The van der Waals surface area contributed by atoms with Gasteiger partial charge >= 0.3 is 0 Å². The van der Waals surface area contributed by atoms with Gasteiger partial charge in [0.2, 0.25) is 0 Å². The Morgan fingerprint density at radius 1 is 1.11 bits per heavy atom. The molecule has 1 aromatic carbocycles. The molecular weight excluding hydrogens is 368 g/mol. The summed E-state index contributed by atoms with van der Waals surface area (Å²) >= 11 is 7.07. The van der Waals surface area contributed by atoms with E-state index in [1.807, 2.05) is 0 Å². The van der Waals surface area contributed by atoms with Crippen molar-refractivity contribution in [2.45, 2.75) is 45.3 Å². The Morgan fingerprint density at radius 3 is 2.21 bits per heavy atom. The summed E-state index contributed by atoms with van der Waals surface area (Å²) in [7, 11) is 0. The van der Waals surface area contributed by atoms with Crippen molar-refractivity contribution in [3.05, 3.63) is 34.3 Å². The molecular formula is C16H22Br2O. The minimum Gasteiger partial charge on any atom is -0.369 e. The van der Waals surface area contributed by atoms with Crippen LogP contribution in [0.1, 0.15) is 44.8 Å². The number of alkyl halides is 1. The lowest BCUT2D eigenvalue weighted by Crippen LogP contribution is -2.28. The highest BCUT2D eigenvalue weighted by Gasteiger charge is 2.26. The van der Waals surface area contributed by atoms with E-state index >= 15 is 0 Å². The quantitative estimate of drug-likeness (QED) is 0.597. The zero-order valence-electron chi connectivity index (χ0n) is 11.6. The Kier molecular flexibility index (Phi) is 5.91. The van der Waals surface area contributed by atoms with E-state index in [2.05, 4.69) is 70.0 Å². The van der Waals surface area contributed by atoms with Gasteiger partial charge in [-0.2, -0.15) is 0 Å². The monoisotopic (exact) mass is 388 g/mol. The molecule has 0 spiro atoms. The van der Waals surface area contributed by atoms with Crippen molar-refractivity contribution in [3.8, 4) is 0 Å². The maximum Gasteiger partial charge on any atom is 0.0925 e. The van der Waals surface area contributed by atoms with Crippen LogP contribution in [0.4, 0.5) is 0 Å². The number of benzene rings is 1. The SMILES string of the molecule is CC1CC(C)CC(OC(CBr)c2ccc(Br)cc2)C1. The maximum atomic E-state index is 6.35. The third-order valence-corrected chi connectivity index (χ3v) is 4.99. The molecule has 0 amide bonds. The summed E-state index contributed by atoms with van der Waals surface area (Å²) in [5, 5.41) is 0.855. The molecule has 0 aliphatic heterocycles. The number of hydrogen-bond acceptors (Lipinski definition) is 1. The van der Waals surface area contributed by atoms with Crippen molar-refractivity contribution in [3.63, 3.8) is 0 Å². The number of hydrogen-bond donors (Lipinski definition) is 0. The predicted octanol–water partition coefficient (Wildman–Crippen LogP) is 5.73. The van der Waals surface area contributed by atoms with Gasteiger partial charge in [-0.3, -0.25) is 0 Å². The molecule has 3 unspecified atom stereocenters. The molecule has 1 nitrogen and oxygen atoms in total. The van der Waals surface area contributed by atoms with Crippen molar-refractivity contribution < 1.29 is 4.74 Å². The van der Waals surface area contributed by atoms with Crippen molar-refractivity contribution in [1.29, 1.82) is 0 Å². The highest BCUT2D eigenvalue weighted by atomic mass is 79.9. The molecule has 0 aromatic heterocycles. The second-order valence-corrected chi connectivity index (χ2v) is 7.43. The van der Waals surface area contributed by atoms with Crippen LogP contribution in [0.3, 0.4) is 0 Å².